The Hall–Kier alpha value is -4.61. The van der Waals surface area contributed by atoms with Crippen LogP contribution in [0.3, 0.4) is 0 Å². The third-order valence-electron chi connectivity index (χ3n) is 5.83. The summed E-state index contributed by atoms with van der Waals surface area (Å²) in [6.45, 7) is 0.419. The normalized spacial score (nSPS) is 15.4. The summed E-state index contributed by atoms with van der Waals surface area (Å²) in [6, 6.07) is 21.8. The first-order valence-corrected chi connectivity index (χ1v) is 11.5. The van der Waals surface area contributed by atoms with Crippen molar-refractivity contribution < 1.29 is 24.6 Å². The van der Waals surface area contributed by atoms with Gasteiger partial charge < -0.3 is 20.4 Å². The molecule has 1 heterocycles. The molecule has 0 bridgehead atoms. The van der Waals surface area contributed by atoms with E-state index >= 15 is 0 Å². The standard InChI is InChI=1S/C28H25N3O5/c32-25(21-5-2-1-3-6-21)27(34)31-18-4-7-24(31)26(33)29-22-14-10-19(11-15-22)8-9-20-12-16-23(17-13-20)30-28(35)36/h1-3,5-6,10-17,24-25,30,32H,4,7,18H2,(H,29,33)(H,35,36). The molecule has 1 fully saturated rings. The first-order valence-electron chi connectivity index (χ1n) is 11.5. The van der Waals surface area contributed by atoms with Crippen LogP contribution in [0.5, 0.6) is 0 Å². The van der Waals surface area contributed by atoms with Crippen LogP contribution in [0, 0.1) is 11.8 Å². The number of aliphatic hydroxyl groups excluding tert-OH is 1. The number of nitrogens with one attached hydrogen (secondary N) is 2. The van der Waals surface area contributed by atoms with Crippen molar-refractivity contribution in [3.8, 4) is 11.8 Å². The Morgan fingerprint density at radius 3 is 1.94 bits per heavy atom. The van der Waals surface area contributed by atoms with Gasteiger partial charge in [-0.15, -0.1) is 0 Å². The Labute approximate surface area is 208 Å². The highest BCUT2D eigenvalue weighted by Crippen LogP contribution is 2.24. The molecule has 2 unspecified atom stereocenters. The first kappa shape index (κ1) is 24.5. The van der Waals surface area contributed by atoms with Crippen LogP contribution in [0.15, 0.2) is 78.9 Å². The van der Waals surface area contributed by atoms with E-state index in [1.807, 2.05) is 6.07 Å². The van der Waals surface area contributed by atoms with Gasteiger partial charge in [-0.1, -0.05) is 42.2 Å². The number of amides is 3. The van der Waals surface area contributed by atoms with Crippen LogP contribution in [0.4, 0.5) is 16.2 Å². The second-order valence-electron chi connectivity index (χ2n) is 8.33. The molecule has 3 amide bonds. The third kappa shape index (κ3) is 6.09. The number of rotatable bonds is 5. The van der Waals surface area contributed by atoms with Crippen molar-refractivity contribution in [2.75, 3.05) is 17.2 Å². The number of hydrogen-bond acceptors (Lipinski definition) is 4. The van der Waals surface area contributed by atoms with Crippen molar-refractivity contribution in [1.82, 2.24) is 4.90 Å². The summed E-state index contributed by atoms with van der Waals surface area (Å²) in [6.07, 6.45) is -1.21. The van der Waals surface area contributed by atoms with Gasteiger partial charge in [0, 0.05) is 29.0 Å². The lowest BCUT2D eigenvalue weighted by Gasteiger charge is -2.26. The largest absolute Gasteiger partial charge is 0.465 e. The molecule has 1 saturated heterocycles. The quantitative estimate of drug-likeness (QED) is 0.411. The lowest BCUT2D eigenvalue weighted by atomic mass is 10.1. The summed E-state index contributed by atoms with van der Waals surface area (Å²) in [5.41, 5.74) is 3.01. The molecule has 0 saturated carbocycles. The summed E-state index contributed by atoms with van der Waals surface area (Å²) >= 11 is 0. The minimum absolute atomic E-state index is 0.296. The van der Waals surface area contributed by atoms with Gasteiger partial charge in [-0.2, -0.15) is 0 Å². The van der Waals surface area contributed by atoms with Crippen LogP contribution in [0.2, 0.25) is 0 Å². The number of anilines is 2. The number of aliphatic hydroxyl groups is 1. The predicted molar refractivity (Wildman–Crippen MR) is 135 cm³/mol. The number of hydrogen-bond donors (Lipinski definition) is 4. The Bertz CT molecular complexity index is 1300. The monoisotopic (exact) mass is 483 g/mol. The number of carbonyl (C=O) groups excluding carboxylic acids is 2. The topological polar surface area (TPSA) is 119 Å². The number of nitrogens with zero attached hydrogens (tertiary/aromatic N) is 1. The summed E-state index contributed by atoms with van der Waals surface area (Å²) in [4.78, 5) is 37.9. The van der Waals surface area contributed by atoms with E-state index in [1.165, 1.54) is 4.90 Å². The summed E-state index contributed by atoms with van der Waals surface area (Å²) in [5.74, 6) is 5.26. The van der Waals surface area contributed by atoms with E-state index in [9.17, 15) is 19.5 Å². The molecule has 1 aliphatic rings. The SMILES string of the molecule is O=C(O)Nc1ccc(C#Cc2ccc(NC(=O)C3CCCN3C(=O)C(O)c3ccccc3)cc2)cc1. The van der Waals surface area contributed by atoms with Gasteiger partial charge >= 0.3 is 6.09 Å². The fourth-order valence-electron chi connectivity index (χ4n) is 4.01. The molecule has 3 aromatic rings. The number of carbonyl (C=O) groups is 3. The molecule has 0 aliphatic carbocycles. The third-order valence-corrected chi connectivity index (χ3v) is 5.83. The second kappa shape index (κ2) is 11.2. The molecular formula is C28H25N3O5. The fourth-order valence-corrected chi connectivity index (χ4v) is 4.01. The van der Waals surface area contributed by atoms with Crippen molar-refractivity contribution >= 4 is 29.3 Å². The van der Waals surface area contributed by atoms with Gasteiger partial charge in [-0.25, -0.2) is 4.79 Å². The average molecular weight is 484 g/mol. The maximum atomic E-state index is 12.9. The van der Waals surface area contributed by atoms with E-state index in [-0.39, 0.29) is 5.91 Å². The second-order valence-corrected chi connectivity index (χ2v) is 8.33. The minimum atomic E-state index is -1.30. The maximum Gasteiger partial charge on any atom is 0.409 e. The smallest absolute Gasteiger partial charge is 0.409 e. The molecule has 182 valence electrons. The molecule has 0 spiro atoms. The Kier molecular flexibility index (Phi) is 7.63. The van der Waals surface area contributed by atoms with Crippen LogP contribution in [-0.2, 0) is 9.59 Å². The highest BCUT2D eigenvalue weighted by atomic mass is 16.4. The minimum Gasteiger partial charge on any atom is -0.465 e. The van der Waals surface area contributed by atoms with E-state index in [1.54, 1.807) is 72.8 Å². The van der Waals surface area contributed by atoms with Crippen molar-refractivity contribution in [2.24, 2.45) is 0 Å². The van der Waals surface area contributed by atoms with E-state index in [0.29, 0.717) is 36.3 Å². The average Bonchev–Trinajstić information content (AvgIpc) is 3.39. The van der Waals surface area contributed by atoms with E-state index in [4.69, 9.17) is 5.11 Å². The fraction of sp³-hybridized carbons (Fsp3) is 0.179. The zero-order valence-corrected chi connectivity index (χ0v) is 19.3. The first-order chi connectivity index (χ1) is 17.4. The van der Waals surface area contributed by atoms with Crippen LogP contribution >= 0.6 is 0 Å². The molecule has 0 radical (unpaired) electrons. The molecule has 2 atom stereocenters. The van der Waals surface area contributed by atoms with Crippen molar-refractivity contribution in [1.29, 1.82) is 0 Å². The number of likely N-dealkylation sites (tertiary alicyclic amines) is 1. The molecule has 3 aromatic carbocycles. The molecule has 8 nitrogen and oxygen atoms in total. The van der Waals surface area contributed by atoms with Crippen molar-refractivity contribution in [3.05, 3.63) is 95.6 Å². The van der Waals surface area contributed by atoms with Gasteiger partial charge in [-0.05, 0) is 66.9 Å². The van der Waals surface area contributed by atoms with Gasteiger partial charge in [-0.3, -0.25) is 14.9 Å². The van der Waals surface area contributed by atoms with Gasteiger partial charge in [0.15, 0.2) is 6.10 Å². The van der Waals surface area contributed by atoms with Crippen LogP contribution in [0.1, 0.15) is 35.6 Å². The van der Waals surface area contributed by atoms with Crippen LogP contribution < -0.4 is 10.6 Å². The lowest BCUT2D eigenvalue weighted by Crippen LogP contribution is -2.45. The van der Waals surface area contributed by atoms with E-state index < -0.39 is 24.1 Å². The van der Waals surface area contributed by atoms with E-state index in [0.717, 1.165) is 11.1 Å². The highest BCUT2D eigenvalue weighted by Gasteiger charge is 2.37. The lowest BCUT2D eigenvalue weighted by molar-refractivity contribution is -0.144. The summed E-state index contributed by atoms with van der Waals surface area (Å²) in [5, 5.41) is 24.3. The summed E-state index contributed by atoms with van der Waals surface area (Å²) in [7, 11) is 0. The zero-order chi connectivity index (χ0) is 25.5. The number of carboxylic acid groups (broad SMARTS) is 1. The van der Waals surface area contributed by atoms with Gasteiger partial charge in [0.1, 0.15) is 6.04 Å². The van der Waals surface area contributed by atoms with Gasteiger partial charge in [0.05, 0.1) is 0 Å². The molecule has 4 N–H and O–H groups in total. The Morgan fingerprint density at radius 1 is 0.833 bits per heavy atom. The molecular weight excluding hydrogens is 458 g/mol. The Balaban J connectivity index is 1.36. The van der Waals surface area contributed by atoms with Crippen molar-refractivity contribution in [2.45, 2.75) is 25.0 Å². The zero-order valence-electron chi connectivity index (χ0n) is 19.3. The van der Waals surface area contributed by atoms with Gasteiger partial charge in [0.25, 0.3) is 5.91 Å². The van der Waals surface area contributed by atoms with Crippen LogP contribution in [0.25, 0.3) is 0 Å². The van der Waals surface area contributed by atoms with Gasteiger partial charge in [0.2, 0.25) is 5.91 Å². The molecule has 0 aromatic heterocycles. The Morgan fingerprint density at radius 2 is 1.39 bits per heavy atom. The molecule has 8 heteroatoms. The molecule has 1 aliphatic heterocycles. The maximum absolute atomic E-state index is 12.9. The highest BCUT2D eigenvalue weighted by molar-refractivity contribution is 5.98. The predicted octanol–water partition coefficient (Wildman–Crippen LogP) is 3.84. The summed E-state index contributed by atoms with van der Waals surface area (Å²) < 4.78 is 0. The van der Waals surface area contributed by atoms with E-state index in [2.05, 4.69) is 22.5 Å². The molecule has 4 rings (SSSR count). The van der Waals surface area contributed by atoms with Crippen LogP contribution in [-0.4, -0.2) is 45.6 Å². The molecule has 36 heavy (non-hydrogen) atoms. The number of benzene rings is 3. The van der Waals surface area contributed by atoms with Crippen molar-refractivity contribution in [3.63, 3.8) is 0 Å².